The maximum atomic E-state index is 13.2. The first-order valence-electron chi connectivity index (χ1n) is 9.16. The third kappa shape index (κ3) is 3.76. The predicted octanol–water partition coefficient (Wildman–Crippen LogP) is 4.49. The number of para-hydroxylation sites is 1. The summed E-state index contributed by atoms with van der Waals surface area (Å²) in [6, 6.07) is 18.1. The van der Waals surface area contributed by atoms with Gasteiger partial charge in [-0.2, -0.15) is 0 Å². The first-order chi connectivity index (χ1) is 14.9. The van der Waals surface area contributed by atoms with E-state index in [0.29, 0.717) is 10.7 Å². The zero-order chi connectivity index (χ0) is 22.1. The van der Waals surface area contributed by atoms with Crippen LogP contribution in [0, 0.1) is 10.1 Å². The fourth-order valence-corrected chi connectivity index (χ4v) is 3.52. The van der Waals surface area contributed by atoms with Crippen LogP contribution in [0.3, 0.4) is 0 Å². The van der Waals surface area contributed by atoms with Crippen molar-refractivity contribution < 1.29 is 19.3 Å². The number of imide groups is 1. The third-order valence-electron chi connectivity index (χ3n) is 4.76. The van der Waals surface area contributed by atoms with Crippen molar-refractivity contribution in [2.24, 2.45) is 0 Å². The van der Waals surface area contributed by atoms with Crippen molar-refractivity contribution in [2.45, 2.75) is 6.42 Å². The average Bonchev–Trinajstić information content (AvgIpc) is 2.86. The normalized spacial score (nSPS) is 13.6. The number of amides is 3. The van der Waals surface area contributed by atoms with E-state index in [2.05, 4.69) is 0 Å². The van der Waals surface area contributed by atoms with E-state index < -0.39 is 29.1 Å². The molecule has 0 fully saturated rings. The van der Waals surface area contributed by atoms with Crippen LogP contribution < -0.4 is 9.80 Å². The summed E-state index contributed by atoms with van der Waals surface area (Å²) in [6.45, 7) is 0. The molecule has 0 saturated carbocycles. The molecule has 0 radical (unpaired) electrons. The molecule has 3 aromatic rings. The Labute approximate surface area is 181 Å². The molecular weight excluding hydrogens is 422 g/mol. The number of nitrogens with zero attached hydrogens (tertiary/aromatic N) is 3. The minimum atomic E-state index is -0.713. The number of non-ortho nitro benzene ring substituents is 1. The van der Waals surface area contributed by atoms with Gasteiger partial charge in [0.2, 0.25) is 11.8 Å². The van der Waals surface area contributed by atoms with Crippen LogP contribution in [-0.4, -0.2) is 22.6 Å². The molecule has 0 bridgehead atoms. The fourth-order valence-electron chi connectivity index (χ4n) is 3.36. The Kier molecular flexibility index (Phi) is 5.22. The number of hydrogen-bond acceptors (Lipinski definition) is 5. The Hall–Kier alpha value is -4.04. The number of anilines is 3. The number of rotatable bonds is 3. The second kappa shape index (κ2) is 8.00. The maximum absolute atomic E-state index is 13.2. The molecule has 0 atom stereocenters. The lowest BCUT2D eigenvalue weighted by atomic mass is 10.1. The molecule has 9 heteroatoms. The van der Waals surface area contributed by atoms with Crippen molar-refractivity contribution in [3.63, 3.8) is 0 Å². The molecule has 154 valence electrons. The zero-order valence-corrected chi connectivity index (χ0v) is 16.7. The summed E-state index contributed by atoms with van der Waals surface area (Å²) in [5, 5.41) is 11.2. The van der Waals surface area contributed by atoms with Crippen LogP contribution >= 0.6 is 11.6 Å². The average molecular weight is 436 g/mol. The molecule has 3 amide bonds. The van der Waals surface area contributed by atoms with Gasteiger partial charge < -0.3 is 0 Å². The van der Waals surface area contributed by atoms with Crippen molar-refractivity contribution in [1.29, 1.82) is 0 Å². The lowest BCUT2D eigenvalue weighted by Gasteiger charge is -2.25. The molecular formula is C22H14ClN3O5. The summed E-state index contributed by atoms with van der Waals surface area (Å²) in [5.41, 5.74) is 0.877. The van der Waals surface area contributed by atoms with Gasteiger partial charge in [-0.05, 0) is 42.5 Å². The van der Waals surface area contributed by atoms with Crippen molar-refractivity contribution in [2.75, 3.05) is 9.80 Å². The standard InChI is InChI=1S/C22H14ClN3O5/c23-15-8-11-18-19(12-15)24(16-4-2-1-3-5-16)20(27)13-21(28)25(18)22(29)14-6-9-17(10-7-14)26(30)31/h1-12H,13H2. The molecule has 1 aliphatic heterocycles. The van der Waals surface area contributed by atoms with Crippen molar-refractivity contribution in [3.05, 3.63) is 93.5 Å². The minimum absolute atomic E-state index is 0.0699. The molecule has 3 aromatic carbocycles. The number of fused-ring (bicyclic) bond motifs is 1. The fraction of sp³-hybridized carbons (Fsp3) is 0.0455. The van der Waals surface area contributed by atoms with E-state index in [1.165, 1.54) is 47.4 Å². The largest absolute Gasteiger partial charge is 0.278 e. The predicted molar refractivity (Wildman–Crippen MR) is 115 cm³/mol. The minimum Gasteiger partial charge on any atom is -0.278 e. The van der Waals surface area contributed by atoms with Crippen LogP contribution in [-0.2, 0) is 9.59 Å². The van der Waals surface area contributed by atoms with E-state index in [9.17, 15) is 24.5 Å². The summed E-state index contributed by atoms with van der Waals surface area (Å²) in [4.78, 5) is 51.7. The van der Waals surface area contributed by atoms with Gasteiger partial charge in [0, 0.05) is 28.4 Å². The summed E-state index contributed by atoms with van der Waals surface area (Å²) >= 11 is 6.17. The monoisotopic (exact) mass is 435 g/mol. The first kappa shape index (κ1) is 20.2. The van der Waals surface area contributed by atoms with Crippen LogP contribution in [0.25, 0.3) is 0 Å². The van der Waals surface area contributed by atoms with E-state index in [1.54, 1.807) is 30.3 Å². The van der Waals surface area contributed by atoms with Crippen LogP contribution in [0.2, 0.25) is 5.02 Å². The summed E-state index contributed by atoms with van der Waals surface area (Å²) in [5.74, 6) is -1.93. The highest BCUT2D eigenvalue weighted by Gasteiger charge is 2.36. The molecule has 8 nitrogen and oxygen atoms in total. The smallest absolute Gasteiger partial charge is 0.269 e. The number of hydrogen-bond donors (Lipinski definition) is 0. The van der Waals surface area contributed by atoms with E-state index in [0.717, 1.165) is 4.90 Å². The Morgan fingerprint density at radius 3 is 2.23 bits per heavy atom. The summed E-state index contributed by atoms with van der Waals surface area (Å²) < 4.78 is 0. The zero-order valence-electron chi connectivity index (χ0n) is 15.9. The molecule has 0 N–H and O–H groups in total. The van der Waals surface area contributed by atoms with Gasteiger partial charge in [-0.25, -0.2) is 4.90 Å². The number of carbonyl (C=O) groups excluding carboxylic acids is 3. The van der Waals surface area contributed by atoms with Crippen molar-refractivity contribution >= 4 is 52.1 Å². The topological polar surface area (TPSA) is 101 Å². The lowest BCUT2D eigenvalue weighted by Crippen LogP contribution is -2.37. The molecule has 0 saturated heterocycles. The second-order valence-electron chi connectivity index (χ2n) is 6.71. The molecule has 0 aliphatic carbocycles. The van der Waals surface area contributed by atoms with Gasteiger partial charge in [0.15, 0.2) is 0 Å². The van der Waals surface area contributed by atoms with Crippen LogP contribution in [0.5, 0.6) is 0 Å². The van der Waals surface area contributed by atoms with E-state index in [1.807, 2.05) is 0 Å². The number of carbonyl (C=O) groups is 3. The highest BCUT2D eigenvalue weighted by molar-refractivity contribution is 6.33. The van der Waals surface area contributed by atoms with Gasteiger partial charge in [-0.1, -0.05) is 29.8 Å². The third-order valence-corrected chi connectivity index (χ3v) is 5.00. The molecule has 4 rings (SSSR count). The van der Waals surface area contributed by atoms with Gasteiger partial charge in [-0.3, -0.25) is 29.4 Å². The quantitative estimate of drug-likeness (QED) is 0.261. The molecule has 0 spiro atoms. The maximum Gasteiger partial charge on any atom is 0.269 e. The molecule has 1 heterocycles. The molecule has 0 aromatic heterocycles. The van der Waals surface area contributed by atoms with Gasteiger partial charge in [0.25, 0.3) is 11.6 Å². The van der Waals surface area contributed by atoms with Crippen molar-refractivity contribution in [3.8, 4) is 0 Å². The molecule has 1 aliphatic rings. The Bertz CT molecular complexity index is 1210. The van der Waals surface area contributed by atoms with E-state index in [-0.39, 0.29) is 22.6 Å². The lowest BCUT2D eigenvalue weighted by molar-refractivity contribution is -0.384. The highest BCUT2D eigenvalue weighted by Crippen LogP contribution is 2.40. The van der Waals surface area contributed by atoms with Gasteiger partial charge in [0.05, 0.1) is 16.3 Å². The van der Waals surface area contributed by atoms with E-state index in [4.69, 9.17) is 11.6 Å². The van der Waals surface area contributed by atoms with Crippen LogP contribution in [0.1, 0.15) is 16.8 Å². The van der Waals surface area contributed by atoms with Gasteiger partial charge in [-0.15, -0.1) is 0 Å². The number of halogens is 1. The van der Waals surface area contributed by atoms with E-state index >= 15 is 0 Å². The Balaban J connectivity index is 1.85. The molecule has 0 unspecified atom stereocenters. The number of nitro benzene ring substituents is 1. The van der Waals surface area contributed by atoms with Crippen LogP contribution in [0.4, 0.5) is 22.7 Å². The number of nitro groups is 1. The molecule has 31 heavy (non-hydrogen) atoms. The van der Waals surface area contributed by atoms with Crippen molar-refractivity contribution in [1.82, 2.24) is 0 Å². The first-order valence-corrected chi connectivity index (χ1v) is 9.54. The summed E-state index contributed by atoms with van der Waals surface area (Å²) in [6.07, 6.45) is -0.542. The SMILES string of the molecule is O=C1CC(=O)N(c2ccccc2)c2cc(Cl)ccc2N1C(=O)c1ccc([N+](=O)[O-])cc1. The summed E-state index contributed by atoms with van der Waals surface area (Å²) in [7, 11) is 0. The van der Waals surface area contributed by atoms with Crippen LogP contribution in [0.15, 0.2) is 72.8 Å². The second-order valence-corrected chi connectivity index (χ2v) is 7.15. The highest BCUT2D eigenvalue weighted by atomic mass is 35.5. The van der Waals surface area contributed by atoms with Gasteiger partial charge >= 0.3 is 0 Å². The van der Waals surface area contributed by atoms with Gasteiger partial charge in [0.1, 0.15) is 6.42 Å². The number of benzene rings is 3. The Morgan fingerprint density at radius 1 is 0.903 bits per heavy atom. The Morgan fingerprint density at radius 2 is 1.58 bits per heavy atom.